The van der Waals surface area contributed by atoms with E-state index in [0.717, 1.165) is 84.1 Å². The number of likely N-dealkylation sites (N-methyl/N-ethyl adjacent to an activating group) is 2. The molecule has 0 rings (SSSR count). The SMILES string of the molecule is CC(C)N(C)C(=O)CCC(C)(C)C.CCCN(CCO)C(=O)CCC(C)(C)C.CN(C)CC(C)(C)CNC(=O)CCC(C)(C)C.CN(C)CCN(C)C(=O)CCC(C)(C)C.CN(CC#N)C(=O)CCC(C)(C)C.CNC(=O)CCC(C)(C)C.COCCN(C(=O)CCC(C)(C)C)C(C)C. The summed E-state index contributed by atoms with van der Waals surface area (Å²) in [5.74, 6) is 1.28. The first-order valence-corrected chi connectivity index (χ1v) is 37.0. The molecule has 3 N–H and O–H groups in total. The Balaban J connectivity index is -0.000000200. The van der Waals surface area contributed by atoms with Crippen LogP contribution < -0.4 is 10.6 Å². The number of hydrogen-bond donors (Lipinski definition) is 3. The van der Waals surface area contributed by atoms with E-state index in [4.69, 9.17) is 15.1 Å². The Morgan fingerprint density at radius 2 is 0.798 bits per heavy atom. The number of carbonyl (C=O) groups excluding carboxylic acids is 7. The van der Waals surface area contributed by atoms with Gasteiger partial charge in [0.15, 0.2) is 0 Å². The molecule has 0 saturated carbocycles. The van der Waals surface area contributed by atoms with Gasteiger partial charge in [-0.3, -0.25) is 33.6 Å². The molecule has 19 heteroatoms. The first-order chi connectivity index (χ1) is 44.5. The highest BCUT2D eigenvalue weighted by Crippen LogP contribution is 2.26. The highest BCUT2D eigenvalue weighted by molar-refractivity contribution is 5.78. The summed E-state index contributed by atoms with van der Waals surface area (Å²) in [6.07, 6.45) is 11.8. The van der Waals surface area contributed by atoms with Crippen LogP contribution in [0.3, 0.4) is 0 Å². The Morgan fingerprint density at radius 3 is 1.11 bits per heavy atom. The van der Waals surface area contributed by atoms with Gasteiger partial charge in [0.1, 0.15) is 6.54 Å². The van der Waals surface area contributed by atoms with Crippen LogP contribution >= 0.6 is 0 Å². The summed E-state index contributed by atoms with van der Waals surface area (Å²) in [7, 11) is 16.9. The Bertz CT molecular complexity index is 2150. The molecule has 0 radical (unpaired) electrons. The summed E-state index contributed by atoms with van der Waals surface area (Å²) in [6, 6.07) is 2.52. The van der Waals surface area contributed by atoms with Gasteiger partial charge in [0.2, 0.25) is 41.4 Å². The van der Waals surface area contributed by atoms with E-state index in [1.54, 1.807) is 26.1 Å². The van der Waals surface area contributed by atoms with Crippen molar-refractivity contribution in [3.63, 3.8) is 0 Å². The Kier molecular flexibility index (Phi) is 60.2. The van der Waals surface area contributed by atoms with Crippen molar-refractivity contribution in [2.75, 3.05) is 129 Å². The molecule has 0 atom stereocenters. The Morgan fingerprint density at radius 1 is 0.444 bits per heavy atom. The first-order valence-electron chi connectivity index (χ1n) is 37.0. The number of nitrogens with zero attached hydrogens (tertiary/aromatic N) is 8. The highest BCUT2D eigenvalue weighted by atomic mass is 16.5. The second-order valence-electron chi connectivity index (χ2n) is 37.2. The van der Waals surface area contributed by atoms with E-state index in [0.29, 0.717) is 70.7 Å². The molecule has 0 aliphatic carbocycles. The van der Waals surface area contributed by atoms with E-state index in [9.17, 15) is 33.6 Å². The molecular weight excluding hydrogens is 1240 g/mol. The Labute approximate surface area is 612 Å². The number of aliphatic hydroxyl groups excluding tert-OH is 1. The average molecular weight is 1410 g/mol. The lowest BCUT2D eigenvalue weighted by atomic mass is 9.90. The van der Waals surface area contributed by atoms with E-state index in [1.807, 2.05) is 83.6 Å². The molecule has 0 fully saturated rings. The number of hydrogen-bond acceptors (Lipinski definition) is 12. The summed E-state index contributed by atoms with van der Waals surface area (Å²) < 4.78 is 5.02. The minimum atomic E-state index is 0.0523. The van der Waals surface area contributed by atoms with Crippen molar-refractivity contribution in [2.45, 2.75) is 302 Å². The maximum absolute atomic E-state index is 12.0. The second kappa shape index (κ2) is 55.2. The molecule has 0 heterocycles. The van der Waals surface area contributed by atoms with Gasteiger partial charge in [-0.05, 0) is 151 Å². The molecule has 0 aromatic heterocycles. The van der Waals surface area contributed by atoms with Gasteiger partial charge in [-0.15, -0.1) is 0 Å². The second-order valence-corrected chi connectivity index (χ2v) is 37.2. The molecule has 0 aromatic carbocycles. The van der Waals surface area contributed by atoms with Gasteiger partial charge in [0.25, 0.3) is 0 Å². The molecule has 590 valence electrons. The number of aliphatic hydroxyl groups is 1. The van der Waals surface area contributed by atoms with Crippen LogP contribution in [0.15, 0.2) is 0 Å². The number of methoxy groups -OCH3 is 1. The van der Waals surface area contributed by atoms with Crippen molar-refractivity contribution in [2.24, 2.45) is 43.3 Å². The van der Waals surface area contributed by atoms with Gasteiger partial charge in [-0.1, -0.05) is 166 Å². The molecule has 99 heavy (non-hydrogen) atoms. The van der Waals surface area contributed by atoms with Crippen LogP contribution in [0.5, 0.6) is 0 Å². The van der Waals surface area contributed by atoms with Gasteiger partial charge >= 0.3 is 0 Å². The third-order valence-corrected chi connectivity index (χ3v) is 15.3. The zero-order chi connectivity index (χ0) is 79.7. The first kappa shape index (κ1) is 108. The topological polar surface area (TPSA) is 219 Å². The van der Waals surface area contributed by atoms with Crippen LogP contribution in [-0.2, 0) is 38.3 Å². The minimum absolute atomic E-state index is 0.0523. The highest BCUT2D eigenvalue weighted by Gasteiger charge is 2.24. The summed E-state index contributed by atoms with van der Waals surface area (Å²) >= 11 is 0. The van der Waals surface area contributed by atoms with Gasteiger partial charge in [-0.2, -0.15) is 5.26 Å². The lowest BCUT2D eigenvalue weighted by molar-refractivity contribution is -0.134. The molecular formula is C80H166N10O9. The number of amides is 7. The molecule has 0 aliphatic rings. The third-order valence-electron chi connectivity index (χ3n) is 15.3. The Hall–Kier alpha value is -4.38. The smallest absolute Gasteiger partial charge is 0.223 e. The molecule has 7 amide bonds. The molecule has 0 saturated heterocycles. The number of ether oxygens (including phenoxy) is 1. The lowest BCUT2D eigenvalue weighted by Gasteiger charge is -2.28. The van der Waals surface area contributed by atoms with Crippen molar-refractivity contribution in [1.82, 2.24) is 44.9 Å². The van der Waals surface area contributed by atoms with E-state index in [-0.39, 0.29) is 104 Å². The summed E-state index contributed by atoms with van der Waals surface area (Å²) in [5, 5.41) is 22.9. The number of carbonyl (C=O) groups is 7. The van der Waals surface area contributed by atoms with Crippen LogP contribution in [-0.4, -0.2) is 222 Å². The monoisotopic (exact) mass is 1410 g/mol. The zero-order valence-electron chi connectivity index (χ0n) is 72.1. The van der Waals surface area contributed by atoms with Gasteiger partial charge in [0, 0.05) is 138 Å². The van der Waals surface area contributed by atoms with Crippen LogP contribution in [0.2, 0.25) is 0 Å². The third kappa shape index (κ3) is 84.2. The van der Waals surface area contributed by atoms with E-state index in [1.165, 1.54) is 4.90 Å². The lowest BCUT2D eigenvalue weighted by Crippen LogP contribution is -2.40. The summed E-state index contributed by atoms with van der Waals surface area (Å²) in [5.41, 5.74) is 1.74. The molecule has 0 unspecified atom stereocenters. The minimum Gasteiger partial charge on any atom is -0.395 e. The quantitative estimate of drug-likeness (QED) is 0.0552. The van der Waals surface area contributed by atoms with E-state index < -0.39 is 0 Å². The fraction of sp³-hybridized carbons (Fsp3) is 0.900. The van der Waals surface area contributed by atoms with Crippen LogP contribution in [0.25, 0.3) is 0 Å². The molecule has 0 spiro atoms. The number of nitrogens with one attached hydrogen (secondary N) is 2. The number of rotatable bonds is 31. The van der Waals surface area contributed by atoms with Crippen LogP contribution in [0, 0.1) is 54.7 Å². The van der Waals surface area contributed by atoms with Gasteiger partial charge in [-0.25, -0.2) is 0 Å². The normalized spacial score (nSPS) is 11.8. The molecule has 0 bridgehead atoms. The predicted molar refractivity (Wildman–Crippen MR) is 420 cm³/mol. The predicted octanol–water partition coefficient (Wildman–Crippen LogP) is 15.1. The molecule has 0 aromatic rings. The van der Waals surface area contributed by atoms with Gasteiger partial charge < -0.3 is 54.8 Å². The maximum atomic E-state index is 12.0. The summed E-state index contributed by atoms with van der Waals surface area (Å²) in [4.78, 5) is 93.9. The van der Waals surface area contributed by atoms with Crippen molar-refractivity contribution in [3.8, 4) is 6.07 Å². The zero-order valence-corrected chi connectivity index (χ0v) is 72.1. The fourth-order valence-electron chi connectivity index (χ4n) is 8.28. The van der Waals surface area contributed by atoms with Gasteiger partial charge in [0.05, 0.1) is 19.3 Å². The largest absolute Gasteiger partial charge is 0.395 e. The van der Waals surface area contributed by atoms with Crippen molar-refractivity contribution in [3.05, 3.63) is 0 Å². The maximum Gasteiger partial charge on any atom is 0.223 e. The van der Waals surface area contributed by atoms with Crippen molar-refractivity contribution < 1.29 is 43.4 Å². The average Bonchev–Trinajstić information content (AvgIpc) is 1.04. The molecule has 0 aliphatic heterocycles. The van der Waals surface area contributed by atoms with Crippen LogP contribution in [0.4, 0.5) is 0 Å². The van der Waals surface area contributed by atoms with Crippen molar-refractivity contribution >= 4 is 41.4 Å². The van der Waals surface area contributed by atoms with Crippen molar-refractivity contribution in [1.29, 1.82) is 5.26 Å². The summed E-state index contributed by atoms with van der Waals surface area (Å²) in [6.45, 7) is 65.9. The fourth-order valence-corrected chi connectivity index (χ4v) is 8.28. The molecule has 19 nitrogen and oxygen atoms in total. The van der Waals surface area contributed by atoms with E-state index in [2.05, 4.69) is 194 Å². The van der Waals surface area contributed by atoms with E-state index >= 15 is 0 Å². The number of nitriles is 1. The van der Waals surface area contributed by atoms with Crippen LogP contribution in [0.1, 0.15) is 290 Å². The standard InChI is InChI=1S/C14H30N2O.C13H27NO2.C12H26N2O.C12H25NO2.C11H23NO.C10H18N2O.C8H17NO/c1-13(2,3)9-8-12(17)15-10-14(4,5)11-16(6)7;1-11(2)14(9-10-16-6)12(15)7-8-13(3,4)5;1-12(2,3)8-7-11(15)14(6)10-9-13(4)5;1-5-8-13(9-10-14)11(15)6-7-12(2,3)4;1-9(2)12(6)10(13)7-8-11(3,4)5;1-10(2,3)6-5-9(13)12(4)8-7-11;1-8(2,3)6-5-7(10)9-4/h8-11H2,1-7H3,(H,15,17);11H,7-10H2,1-6H3;7-10H2,1-6H3;14H,5-10H2,1-4H3;9H,7-8H2,1-6H3;5-6,8H2,1-4H3;5-6H2,1-4H3,(H,9,10).